The fourth-order valence-corrected chi connectivity index (χ4v) is 3.54. The molecule has 13 nitrogen and oxygen atoms in total. The van der Waals surface area contributed by atoms with E-state index in [9.17, 15) is 22.6 Å². The molecule has 0 aliphatic heterocycles. The summed E-state index contributed by atoms with van der Waals surface area (Å²) < 4.78 is 36.8. The van der Waals surface area contributed by atoms with E-state index in [-0.39, 0.29) is 16.0 Å². The van der Waals surface area contributed by atoms with Gasteiger partial charge in [-0.3, -0.25) is 14.8 Å². The Balaban J connectivity index is -0.00000134. The summed E-state index contributed by atoms with van der Waals surface area (Å²) in [5, 5.41) is 16.6. The molecule has 1 aromatic heterocycles. The number of aliphatic hydroxyl groups is 1. The number of pyridine rings is 1. The average molecular weight is 639 g/mol. The number of hydrogen-bond acceptors (Lipinski definition) is 11. The number of aromatic nitrogens is 1. The number of hydrogen-bond donors (Lipinski definition) is 5. The van der Waals surface area contributed by atoms with E-state index in [0.29, 0.717) is 12.2 Å². The molecular formula is C30H50N6O7S. The van der Waals surface area contributed by atoms with Crippen LogP contribution in [0.15, 0.2) is 69.7 Å². The molecule has 0 spiro atoms. The zero-order valence-corrected chi connectivity index (χ0v) is 27.9. The zero-order chi connectivity index (χ0) is 34.4. The number of amides is 1. The van der Waals surface area contributed by atoms with E-state index in [4.69, 9.17) is 9.84 Å². The quantitative estimate of drug-likeness (QED) is 0.0567. The Morgan fingerprint density at radius 1 is 1.09 bits per heavy atom. The number of carbonyl (C=O) groups is 2. The van der Waals surface area contributed by atoms with Crippen molar-refractivity contribution in [2.24, 2.45) is 10.1 Å². The summed E-state index contributed by atoms with van der Waals surface area (Å²) in [5.74, 6) is -0.689. The Labute approximate surface area is 262 Å². The molecule has 0 fully saturated rings. The second kappa shape index (κ2) is 29.1. The fourth-order valence-electron chi connectivity index (χ4n) is 2.87. The first-order chi connectivity index (χ1) is 21.1. The number of esters is 1. The van der Waals surface area contributed by atoms with Crippen molar-refractivity contribution in [2.75, 3.05) is 40.3 Å². The van der Waals surface area contributed by atoms with E-state index in [1.54, 1.807) is 13.1 Å². The highest BCUT2D eigenvalue weighted by Gasteiger charge is 2.22. The molecule has 0 radical (unpaired) electrons. The molecule has 0 aliphatic rings. The Morgan fingerprint density at radius 2 is 1.68 bits per heavy atom. The lowest BCUT2D eigenvalue weighted by atomic mass is 10.1. The molecule has 1 atom stereocenters. The third-order valence-corrected chi connectivity index (χ3v) is 5.83. The van der Waals surface area contributed by atoms with Crippen molar-refractivity contribution >= 4 is 40.7 Å². The molecule has 1 unspecified atom stereocenters. The molecule has 0 aliphatic carbocycles. The number of nitrogens with one attached hydrogen (secondary N) is 3. The monoisotopic (exact) mass is 638 g/mol. The SMILES string of the molecule is C/C=C\C.C=NC.CC.CNCCCCC(NC(=O)c1ccc(N/N=C/c2ccccc2S(=O)(=O)O)nc1)C(=O)OC.CO. The minimum atomic E-state index is -4.39. The average Bonchev–Trinajstić information content (AvgIpc) is 3.04. The first-order valence-corrected chi connectivity index (χ1v) is 15.2. The summed E-state index contributed by atoms with van der Waals surface area (Å²) in [6.45, 7) is 11.9. The van der Waals surface area contributed by atoms with Crippen molar-refractivity contribution < 1.29 is 32.4 Å². The zero-order valence-electron chi connectivity index (χ0n) is 27.1. The van der Waals surface area contributed by atoms with Crippen LogP contribution in [0.25, 0.3) is 0 Å². The Morgan fingerprint density at radius 3 is 2.16 bits per heavy atom. The number of carbonyl (C=O) groups excluding carboxylic acids is 2. The summed E-state index contributed by atoms with van der Waals surface area (Å²) in [6, 6.07) is 8.06. The van der Waals surface area contributed by atoms with Crippen LogP contribution in [-0.4, -0.2) is 88.8 Å². The first kappa shape index (κ1) is 44.5. The number of aliphatic imine (C=N–C) groups is 1. The first-order valence-electron chi connectivity index (χ1n) is 13.8. The highest BCUT2D eigenvalue weighted by atomic mass is 32.2. The van der Waals surface area contributed by atoms with Gasteiger partial charge in [0.2, 0.25) is 0 Å². The van der Waals surface area contributed by atoms with Crippen LogP contribution in [0.2, 0.25) is 0 Å². The molecule has 1 amide bonds. The van der Waals surface area contributed by atoms with Crippen LogP contribution in [0.1, 0.15) is 62.9 Å². The molecule has 5 N–H and O–H groups in total. The van der Waals surface area contributed by atoms with Crippen molar-refractivity contribution in [3.05, 3.63) is 65.9 Å². The lowest BCUT2D eigenvalue weighted by Crippen LogP contribution is -2.41. The Bertz CT molecular complexity index is 1200. The predicted molar refractivity (Wildman–Crippen MR) is 178 cm³/mol. The third-order valence-electron chi connectivity index (χ3n) is 4.90. The summed E-state index contributed by atoms with van der Waals surface area (Å²) in [4.78, 5) is 31.5. The summed E-state index contributed by atoms with van der Waals surface area (Å²) in [5.41, 5.74) is 3.04. The van der Waals surface area contributed by atoms with Crippen molar-refractivity contribution in [3.8, 4) is 0 Å². The predicted octanol–water partition coefficient (Wildman–Crippen LogP) is 3.97. The normalized spacial score (nSPS) is 10.7. The highest BCUT2D eigenvalue weighted by molar-refractivity contribution is 7.86. The van der Waals surface area contributed by atoms with Crippen LogP contribution in [0, 0.1) is 0 Å². The maximum absolute atomic E-state index is 12.5. The molecule has 14 heteroatoms. The number of nitrogens with zero attached hydrogens (tertiary/aromatic N) is 3. The Hall–Kier alpha value is -3.98. The van der Waals surface area contributed by atoms with Gasteiger partial charge in [0, 0.05) is 25.9 Å². The second-order valence-electron chi connectivity index (χ2n) is 7.95. The van der Waals surface area contributed by atoms with Gasteiger partial charge in [-0.05, 0) is 71.6 Å². The number of benzene rings is 1. The minimum Gasteiger partial charge on any atom is -0.467 e. The molecule has 0 saturated heterocycles. The van der Waals surface area contributed by atoms with Gasteiger partial charge in [0.05, 0.1) is 18.9 Å². The fraction of sp³-hybridized carbons (Fsp3) is 0.433. The van der Waals surface area contributed by atoms with Gasteiger partial charge in [-0.25, -0.2) is 9.78 Å². The van der Waals surface area contributed by atoms with E-state index in [0.717, 1.165) is 26.5 Å². The summed E-state index contributed by atoms with van der Waals surface area (Å²) in [7, 11) is 1.36. The van der Waals surface area contributed by atoms with E-state index in [1.165, 1.54) is 49.9 Å². The van der Waals surface area contributed by atoms with Crippen LogP contribution < -0.4 is 16.1 Å². The second-order valence-corrected chi connectivity index (χ2v) is 9.34. The van der Waals surface area contributed by atoms with E-state index >= 15 is 0 Å². The number of allylic oxidation sites excluding steroid dienone is 2. The number of anilines is 1. The van der Waals surface area contributed by atoms with Crippen molar-refractivity contribution in [1.82, 2.24) is 15.6 Å². The van der Waals surface area contributed by atoms with Crippen LogP contribution >= 0.6 is 0 Å². The number of hydrazone groups is 1. The molecule has 1 heterocycles. The maximum atomic E-state index is 12.5. The van der Waals surface area contributed by atoms with Gasteiger partial charge in [0.1, 0.15) is 16.8 Å². The summed E-state index contributed by atoms with van der Waals surface area (Å²) >= 11 is 0. The molecular weight excluding hydrogens is 588 g/mol. The van der Waals surface area contributed by atoms with Gasteiger partial charge in [0.25, 0.3) is 16.0 Å². The third kappa shape index (κ3) is 20.8. The number of unbranched alkanes of at least 4 members (excludes halogenated alkanes) is 1. The molecule has 2 rings (SSSR count). The van der Waals surface area contributed by atoms with Crippen LogP contribution in [0.5, 0.6) is 0 Å². The van der Waals surface area contributed by atoms with Gasteiger partial charge in [-0.1, -0.05) is 44.2 Å². The molecule has 0 saturated carbocycles. The number of methoxy groups -OCH3 is 1. The van der Waals surface area contributed by atoms with Crippen LogP contribution in [0.3, 0.4) is 0 Å². The molecule has 0 bridgehead atoms. The largest absolute Gasteiger partial charge is 0.467 e. The molecule has 44 heavy (non-hydrogen) atoms. The van der Waals surface area contributed by atoms with Crippen molar-refractivity contribution in [2.45, 2.75) is 57.9 Å². The smallest absolute Gasteiger partial charge is 0.328 e. The molecule has 1 aromatic carbocycles. The van der Waals surface area contributed by atoms with E-state index in [1.807, 2.05) is 46.9 Å². The highest BCUT2D eigenvalue weighted by Crippen LogP contribution is 2.13. The lowest BCUT2D eigenvalue weighted by Gasteiger charge is -2.16. The molecule has 248 valence electrons. The molecule has 2 aromatic rings. The minimum absolute atomic E-state index is 0.187. The van der Waals surface area contributed by atoms with Gasteiger partial charge >= 0.3 is 5.97 Å². The van der Waals surface area contributed by atoms with Gasteiger partial charge in [-0.2, -0.15) is 13.5 Å². The van der Waals surface area contributed by atoms with Crippen LogP contribution in [-0.2, 0) is 19.6 Å². The maximum Gasteiger partial charge on any atom is 0.328 e. The van der Waals surface area contributed by atoms with E-state index < -0.39 is 28.0 Å². The lowest BCUT2D eigenvalue weighted by molar-refractivity contribution is -0.143. The van der Waals surface area contributed by atoms with Crippen molar-refractivity contribution in [3.63, 3.8) is 0 Å². The van der Waals surface area contributed by atoms with Gasteiger partial charge < -0.3 is 25.5 Å². The Kier molecular flexibility index (Phi) is 29.4. The number of aliphatic hydroxyl groups excluding tert-OH is 1. The van der Waals surface area contributed by atoms with Gasteiger partial charge in [-0.15, -0.1) is 0 Å². The van der Waals surface area contributed by atoms with Crippen molar-refractivity contribution in [1.29, 1.82) is 0 Å². The van der Waals surface area contributed by atoms with E-state index in [2.05, 4.69) is 37.9 Å². The van der Waals surface area contributed by atoms with Gasteiger partial charge in [0.15, 0.2) is 0 Å². The van der Waals surface area contributed by atoms with Crippen LogP contribution in [0.4, 0.5) is 5.82 Å². The number of ether oxygens (including phenoxy) is 1. The number of rotatable bonds is 12. The standard InChI is InChI=1S/C21H27N5O6S.C4H8.C2H5N.C2H6.CH4O/c1-22-12-6-5-8-17(21(28)32-2)25-20(27)16-10-11-19(23-13-16)26-24-14-15-7-3-4-9-18(15)33(29,30)31;1-3-4-2;1-3-2;2*1-2/h3-4,7,9-11,13-14,17,22H,5-6,8,12H2,1-2H3,(H,23,26)(H,25,27)(H,29,30,31);3-4H,1-2H3;1H2,2H3;1-2H3;2H,1H3/b24-14+;4-3-;;;. The topological polar surface area (TPSA) is 192 Å². The summed E-state index contributed by atoms with van der Waals surface area (Å²) in [6.07, 6.45) is 8.58.